The molecule has 0 bridgehead atoms. The summed E-state index contributed by atoms with van der Waals surface area (Å²) in [5.74, 6) is 0.619. The Morgan fingerprint density at radius 2 is 1.64 bits per heavy atom. The zero-order chi connectivity index (χ0) is 17.7. The first kappa shape index (κ1) is 18.0. The lowest BCUT2D eigenvalue weighted by Gasteiger charge is -2.36. The zero-order valence-corrected chi connectivity index (χ0v) is 15.9. The van der Waals surface area contributed by atoms with Crippen LogP contribution in [0.3, 0.4) is 0 Å². The Morgan fingerprint density at radius 3 is 2.28 bits per heavy atom. The fourth-order valence-electron chi connectivity index (χ4n) is 3.25. The molecule has 4 nitrogen and oxygen atoms in total. The van der Waals surface area contributed by atoms with Gasteiger partial charge in [0.2, 0.25) is 0 Å². The third kappa shape index (κ3) is 4.65. The summed E-state index contributed by atoms with van der Waals surface area (Å²) in [7, 11) is -1.34. The third-order valence-electron chi connectivity index (χ3n) is 4.81. The van der Waals surface area contributed by atoms with Gasteiger partial charge in [-0.2, -0.15) is 0 Å². The predicted octanol–water partition coefficient (Wildman–Crippen LogP) is 5.86. The maximum atomic E-state index is 13.8. The molecule has 0 spiro atoms. The first-order valence-corrected chi connectivity index (χ1v) is 10.6. The normalized spacial score (nSPS) is 17.9. The van der Waals surface area contributed by atoms with Crippen molar-refractivity contribution in [2.24, 2.45) is 0 Å². The molecule has 1 aliphatic carbocycles. The van der Waals surface area contributed by atoms with Crippen molar-refractivity contribution in [1.82, 2.24) is 4.67 Å². The van der Waals surface area contributed by atoms with Gasteiger partial charge in [0.05, 0.1) is 0 Å². The van der Waals surface area contributed by atoms with Gasteiger partial charge in [-0.1, -0.05) is 55.2 Å². The Kier molecular flexibility index (Phi) is 5.82. The van der Waals surface area contributed by atoms with Crippen molar-refractivity contribution >= 4 is 13.4 Å². The van der Waals surface area contributed by atoms with Crippen LogP contribution in [-0.2, 0) is 4.57 Å². The number of nitrogens with one attached hydrogen (secondary N) is 1. The molecule has 2 aromatic carbocycles. The molecule has 0 aliphatic heterocycles. The number of aryl methyl sites for hydroxylation is 1. The van der Waals surface area contributed by atoms with Crippen molar-refractivity contribution in [2.75, 3.05) is 12.1 Å². The number of benzene rings is 2. The summed E-state index contributed by atoms with van der Waals surface area (Å²) in [4.78, 5) is 0. The van der Waals surface area contributed by atoms with Crippen LogP contribution in [0.4, 0.5) is 5.69 Å². The van der Waals surface area contributed by atoms with Crippen molar-refractivity contribution in [3.8, 4) is 5.75 Å². The molecule has 3 rings (SSSR count). The SMILES string of the molecule is Cc1ccc(N[P@@](=O)(Oc2ccccc2)N(C)C2CCCCC2)cc1. The van der Waals surface area contributed by atoms with Crippen LogP contribution in [0, 0.1) is 6.92 Å². The van der Waals surface area contributed by atoms with Crippen LogP contribution in [0.5, 0.6) is 5.75 Å². The van der Waals surface area contributed by atoms with Gasteiger partial charge in [-0.3, -0.25) is 5.09 Å². The number of hydrogen-bond acceptors (Lipinski definition) is 2. The van der Waals surface area contributed by atoms with E-state index in [2.05, 4.69) is 5.09 Å². The molecule has 1 atom stereocenters. The van der Waals surface area contributed by atoms with E-state index in [-0.39, 0.29) is 6.04 Å². The fourth-order valence-corrected chi connectivity index (χ4v) is 5.13. The first-order valence-electron chi connectivity index (χ1n) is 9.00. The van der Waals surface area contributed by atoms with Crippen LogP contribution in [0.15, 0.2) is 54.6 Å². The largest absolute Gasteiger partial charge is 0.419 e. The molecule has 0 heterocycles. The standard InChI is InChI=1S/C20H27N2O2P/c1-17-13-15-18(16-14-17)21-25(23,24-20-11-7-4-8-12-20)22(2)19-9-5-3-6-10-19/h4,7-8,11-16,19H,3,5-6,9-10H2,1-2H3,(H,21,23)/t25-/m1/s1. The number of nitrogens with zero attached hydrogens (tertiary/aromatic N) is 1. The molecular formula is C20H27N2O2P. The van der Waals surface area contributed by atoms with Gasteiger partial charge < -0.3 is 4.52 Å². The second kappa shape index (κ2) is 8.07. The van der Waals surface area contributed by atoms with Crippen LogP contribution in [0.2, 0.25) is 0 Å². The fraction of sp³-hybridized carbons (Fsp3) is 0.400. The summed E-state index contributed by atoms with van der Waals surface area (Å²) in [5, 5.41) is 3.19. The van der Waals surface area contributed by atoms with Crippen molar-refractivity contribution in [2.45, 2.75) is 45.1 Å². The van der Waals surface area contributed by atoms with E-state index in [0.29, 0.717) is 5.75 Å². The molecule has 0 unspecified atom stereocenters. The van der Waals surface area contributed by atoms with Crippen LogP contribution in [-0.4, -0.2) is 17.8 Å². The molecule has 1 N–H and O–H groups in total. The molecule has 0 amide bonds. The van der Waals surface area contributed by atoms with E-state index >= 15 is 0 Å². The Hall–Kier alpha value is -1.77. The van der Waals surface area contributed by atoms with Crippen molar-refractivity contribution < 1.29 is 9.09 Å². The molecule has 0 radical (unpaired) electrons. The minimum atomic E-state index is -3.25. The highest BCUT2D eigenvalue weighted by atomic mass is 31.2. The maximum absolute atomic E-state index is 13.8. The number of para-hydroxylation sites is 1. The van der Waals surface area contributed by atoms with Gasteiger partial charge in [0.15, 0.2) is 0 Å². The van der Waals surface area contributed by atoms with Crippen LogP contribution in [0.1, 0.15) is 37.7 Å². The highest BCUT2D eigenvalue weighted by molar-refractivity contribution is 7.58. The van der Waals surface area contributed by atoms with E-state index in [0.717, 1.165) is 18.5 Å². The van der Waals surface area contributed by atoms with Gasteiger partial charge in [-0.25, -0.2) is 9.24 Å². The quantitative estimate of drug-likeness (QED) is 0.657. The highest BCUT2D eigenvalue weighted by Gasteiger charge is 2.36. The van der Waals surface area contributed by atoms with E-state index in [1.807, 2.05) is 73.2 Å². The Balaban J connectivity index is 1.86. The lowest BCUT2D eigenvalue weighted by Crippen LogP contribution is -2.34. The van der Waals surface area contributed by atoms with Gasteiger partial charge in [-0.05, 0) is 51.1 Å². The average Bonchev–Trinajstić information content (AvgIpc) is 2.64. The summed E-state index contributed by atoms with van der Waals surface area (Å²) < 4.78 is 21.8. The van der Waals surface area contributed by atoms with Gasteiger partial charge in [-0.15, -0.1) is 0 Å². The second-order valence-corrected chi connectivity index (χ2v) is 8.85. The Morgan fingerprint density at radius 1 is 1.00 bits per heavy atom. The van der Waals surface area contributed by atoms with E-state index in [9.17, 15) is 4.57 Å². The highest BCUT2D eigenvalue weighted by Crippen LogP contribution is 2.52. The third-order valence-corrected chi connectivity index (χ3v) is 6.97. The van der Waals surface area contributed by atoms with Crippen molar-refractivity contribution in [3.63, 3.8) is 0 Å². The Labute approximate surface area is 150 Å². The first-order chi connectivity index (χ1) is 12.1. The minimum Gasteiger partial charge on any atom is -0.418 e. The lowest BCUT2D eigenvalue weighted by molar-refractivity contribution is 0.264. The predicted molar refractivity (Wildman–Crippen MR) is 104 cm³/mol. The molecule has 25 heavy (non-hydrogen) atoms. The van der Waals surface area contributed by atoms with Crippen molar-refractivity contribution in [3.05, 3.63) is 60.2 Å². The smallest absolute Gasteiger partial charge is 0.418 e. The van der Waals surface area contributed by atoms with Crippen LogP contribution < -0.4 is 9.61 Å². The van der Waals surface area contributed by atoms with Crippen molar-refractivity contribution in [1.29, 1.82) is 0 Å². The van der Waals surface area contributed by atoms with E-state index in [1.165, 1.54) is 24.8 Å². The van der Waals surface area contributed by atoms with Crippen LogP contribution >= 0.6 is 7.67 Å². The van der Waals surface area contributed by atoms with E-state index in [4.69, 9.17) is 4.52 Å². The number of rotatable bonds is 6. The summed E-state index contributed by atoms with van der Waals surface area (Å²) >= 11 is 0. The van der Waals surface area contributed by atoms with Crippen LogP contribution in [0.25, 0.3) is 0 Å². The van der Waals surface area contributed by atoms with Gasteiger partial charge in [0, 0.05) is 11.7 Å². The molecule has 2 aromatic rings. The molecular weight excluding hydrogens is 331 g/mol. The summed E-state index contributed by atoms with van der Waals surface area (Å²) in [5.41, 5.74) is 1.98. The number of anilines is 1. The monoisotopic (exact) mass is 358 g/mol. The topological polar surface area (TPSA) is 41.6 Å². The zero-order valence-electron chi connectivity index (χ0n) is 15.0. The van der Waals surface area contributed by atoms with Gasteiger partial charge in [0.1, 0.15) is 5.75 Å². The van der Waals surface area contributed by atoms with Gasteiger partial charge >= 0.3 is 7.67 Å². The summed E-state index contributed by atoms with van der Waals surface area (Å²) in [6.45, 7) is 2.04. The van der Waals surface area contributed by atoms with E-state index in [1.54, 1.807) is 0 Å². The van der Waals surface area contributed by atoms with Gasteiger partial charge in [0.25, 0.3) is 0 Å². The molecule has 1 aliphatic rings. The molecule has 5 heteroatoms. The maximum Gasteiger partial charge on any atom is 0.419 e. The average molecular weight is 358 g/mol. The number of hydrogen-bond donors (Lipinski definition) is 1. The molecule has 0 saturated heterocycles. The molecule has 0 aromatic heterocycles. The molecule has 1 saturated carbocycles. The summed E-state index contributed by atoms with van der Waals surface area (Å²) in [6, 6.07) is 17.6. The Bertz CT molecular complexity index is 712. The lowest BCUT2D eigenvalue weighted by atomic mass is 9.96. The summed E-state index contributed by atoms with van der Waals surface area (Å²) in [6.07, 6.45) is 5.76. The molecule has 134 valence electrons. The van der Waals surface area contributed by atoms with E-state index < -0.39 is 7.67 Å². The minimum absolute atomic E-state index is 0.279. The second-order valence-electron chi connectivity index (χ2n) is 6.77. The molecule has 1 fully saturated rings.